The van der Waals surface area contributed by atoms with Crippen LogP contribution in [0, 0.1) is 0 Å². The van der Waals surface area contributed by atoms with Gasteiger partial charge in [-0.1, -0.05) is 12.1 Å². The number of nitrogens with one attached hydrogen (secondary N) is 1. The van der Waals surface area contributed by atoms with E-state index in [4.69, 9.17) is 9.47 Å². The molecule has 2 rings (SSSR count). The van der Waals surface area contributed by atoms with Crippen LogP contribution in [-0.4, -0.2) is 35.8 Å². The Morgan fingerprint density at radius 3 is 2.29 bits per heavy atom. The van der Waals surface area contributed by atoms with Gasteiger partial charge in [-0.15, -0.1) is 0 Å². The van der Waals surface area contributed by atoms with Crippen molar-refractivity contribution in [2.45, 2.75) is 52.2 Å². The van der Waals surface area contributed by atoms with Gasteiger partial charge < -0.3 is 14.4 Å². The van der Waals surface area contributed by atoms with Crippen molar-refractivity contribution >= 4 is 17.9 Å². The monoisotopic (exact) mass is 334 g/mol. The summed E-state index contributed by atoms with van der Waals surface area (Å²) in [5, 5.41) is 2.67. The molecular formula is C18H26N2O4. The fourth-order valence-electron chi connectivity index (χ4n) is 2.42. The highest BCUT2D eigenvalue weighted by molar-refractivity contribution is 5.84. The highest BCUT2D eigenvalue weighted by Crippen LogP contribution is 2.15. The highest BCUT2D eigenvalue weighted by atomic mass is 16.6. The lowest BCUT2D eigenvalue weighted by Crippen LogP contribution is -2.35. The second-order valence-electron chi connectivity index (χ2n) is 6.93. The molecule has 2 amide bonds. The molecule has 132 valence electrons. The van der Waals surface area contributed by atoms with Gasteiger partial charge in [0, 0.05) is 18.8 Å². The lowest BCUT2D eigenvalue weighted by atomic mass is 10.1. The standard InChI is InChI=1S/C18H26N2O4/c1-18(2,3)24-16(21)19-15-9-7-14(8-10-15)13-23-17(22)20-11-5-4-6-12-20/h7-10H,4-6,11-13H2,1-3H3,(H,19,21). The summed E-state index contributed by atoms with van der Waals surface area (Å²) in [6, 6.07) is 7.15. The van der Waals surface area contributed by atoms with Crippen LogP contribution in [0.2, 0.25) is 0 Å². The van der Waals surface area contributed by atoms with Gasteiger partial charge in [0.1, 0.15) is 12.2 Å². The molecule has 0 aromatic heterocycles. The van der Waals surface area contributed by atoms with Crippen LogP contribution >= 0.6 is 0 Å². The maximum absolute atomic E-state index is 11.9. The third-order valence-corrected chi connectivity index (χ3v) is 3.58. The molecule has 1 aromatic carbocycles. The minimum Gasteiger partial charge on any atom is -0.445 e. The van der Waals surface area contributed by atoms with E-state index in [0.717, 1.165) is 31.5 Å². The maximum atomic E-state index is 11.9. The molecule has 1 heterocycles. The molecule has 1 fully saturated rings. The zero-order valence-corrected chi connectivity index (χ0v) is 14.6. The van der Waals surface area contributed by atoms with E-state index in [1.807, 2.05) is 32.9 Å². The second kappa shape index (κ2) is 8.04. The third-order valence-electron chi connectivity index (χ3n) is 3.58. The fourth-order valence-corrected chi connectivity index (χ4v) is 2.42. The van der Waals surface area contributed by atoms with Crippen molar-refractivity contribution in [1.82, 2.24) is 4.90 Å². The Morgan fingerprint density at radius 1 is 1.08 bits per heavy atom. The SMILES string of the molecule is CC(C)(C)OC(=O)Nc1ccc(COC(=O)N2CCCCC2)cc1. The predicted octanol–water partition coefficient (Wildman–Crippen LogP) is 4.16. The first-order valence-corrected chi connectivity index (χ1v) is 8.34. The van der Waals surface area contributed by atoms with Crippen molar-refractivity contribution in [3.63, 3.8) is 0 Å². The zero-order valence-electron chi connectivity index (χ0n) is 14.6. The summed E-state index contributed by atoms with van der Waals surface area (Å²) in [4.78, 5) is 25.4. The van der Waals surface area contributed by atoms with E-state index >= 15 is 0 Å². The molecular weight excluding hydrogens is 308 g/mol. The van der Waals surface area contributed by atoms with Crippen molar-refractivity contribution in [3.05, 3.63) is 29.8 Å². The number of carbonyl (C=O) groups excluding carboxylic acids is 2. The molecule has 0 bridgehead atoms. The number of rotatable bonds is 3. The minimum absolute atomic E-state index is 0.224. The Labute approximate surface area is 143 Å². The molecule has 1 aliphatic heterocycles. The van der Waals surface area contributed by atoms with Crippen LogP contribution in [0.4, 0.5) is 15.3 Å². The summed E-state index contributed by atoms with van der Waals surface area (Å²) in [6.45, 7) is 7.21. The van der Waals surface area contributed by atoms with Gasteiger partial charge in [-0.3, -0.25) is 5.32 Å². The van der Waals surface area contributed by atoms with Gasteiger partial charge in [0.15, 0.2) is 0 Å². The van der Waals surface area contributed by atoms with Gasteiger partial charge in [-0.2, -0.15) is 0 Å². The molecule has 0 unspecified atom stereocenters. The average Bonchev–Trinajstić information content (AvgIpc) is 2.53. The molecule has 1 saturated heterocycles. The predicted molar refractivity (Wildman–Crippen MR) is 91.9 cm³/mol. The quantitative estimate of drug-likeness (QED) is 0.901. The minimum atomic E-state index is -0.535. The van der Waals surface area contributed by atoms with Gasteiger partial charge in [0.2, 0.25) is 0 Å². The fraction of sp³-hybridized carbons (Fsp3) is 0.556. The Kier molecular flexibility index (Phi) is 6.06. The first-order valence-electron chi connectivity index (χ1n) is 8.34. The largest absolute Gasteiger partial charge is 0.445 e. The molecule has 0 saturated carbocycles. The van der Waals surface area contributed by atoms with Crippen LogP contribution in [-0.2, 0) is 16.1 Å². The van der Waals surface area contributed by atoms with Crippen LogP contribution in [0.1, 0.15) is 45.6 Å². The molecule has 0 aliphatic carbocycles. The number of nitrogens with zero attached hydrogens (tertiary/aromatic N) is 1. The van der Waals surface area contributed by atoms with Crippen molar-refractivity contribution in [1.29, 1.82) is 0 Å². The summed E-state index contributed by atoms with van der Waals surface area (Å²) in [7, 11) is 0. The maximum Gasteiger partial charge on any atom is 0.412 e. The van der Waals surface area contributed by atoms with Crippen LogP contribution < -0.4 is 5.32 Å². The molecule has 0 radical (unpaired) electrons. The Balaban J connectivity index is 1.79. The van der Waals surface area contributed by atoms with Crippen LogP contribution in [0.25, 0.3) is 0 Å². The van der Waals surface area contributed by atoms with E-state index in [1.165, 1.54) is 6.42 Å². The Morgan fingerprint density at radius 2 is 1.71 bits per heavy atom. The van der Waals surface area contributed by atoms with E-state index in [0.29, 0.717) is 5.69 Å². The molecule has 0 atom stereocenters. The smallest absolute Gasteiger partial charge is 0.412 e. The molecule has 6 heteroatoms. The van der Waals surface area contributed by atoms with E-state index in [1.54, 1.807) is 17.0 Å². The van der Waals surface area contributed by atoms with E-state index in [2.05, 4.69) is 5.32 Å². The number of hydrogen-bond acceptors (Lipinski definition) is 4. The number of amides is 2. The van der Waals surface area contributed by atoms with Crippen molar-refractivity contribution < 1.29 is 19.1 Å². The van der Waals surface area contributed by atoms with Crippen molar-refractivity contribution in [2.75, 3.05) is 18.4 Å². The normalized spacial score (nSPS) is 14.9. The van der Waals surface area contributed by atoms with Crippen LogP contribution in [0.15, 0.2) is 24.3 Å². The number of benzene rings is 1. The molecule has 1 aromatic rings. The van der Waals surface area contributed by atoms with Gasteiger partial charge in [0.25, 0.3) is 0 Å². The molecule has 1 N–H and O–H groups in total. The summed E-state index contributed by atoms with van der Waals surface area (Å²) >= 11 is 0. The van der Waals surface area contributed by atoms with Crippen LogP contribution in [0.3, 0.4) is 0 Å². The Bertz CT molecular complexity index is 557. The Hall–Kier alpha value is -2.24. The van der Waals surface area contributed by atoms with Gasteiger partial charge >= 0.3 is 12.2 Å². The van der Waals surface area contributed by atoms with E-state index < -0.39 is 11.7 Å². The van der Waals surface area contributed by atoms with E-state index in [9.17, 15) is 9.59 Å². The van der Waals surface area contributed by atoms with Crippen molar-refractivity contribution in [3.8, 4) is 0 Å². The number of carbonyl (C=O) groups is 2. The third kappa shape index (κ3) is 6.10. The van der Waals surface area contributed by atoms with Crippen LogP contribution in [0.5, 0.6) is 0 Å². The number of ether oxygens (including phenoxy) is 2. The van der Waals surface area contributed by atoms with Gasteiger partial charge in [0.05, 0.1) is 0 Å². The van der Waals surface area contributed by atoms with E-state index in [-0.39, 0.29) is 12.7 Å². The molecule has 6 nitrogen and oxygen atoms in total. The summed E-state index contributed by atoms with van der Waals surface area (Å²) in [5.41, 5.74) is 0.970. The first-order chi connectivity index (χ1) is 11.3. The topological polar surface area (TPSA) is 67.9 Å². The first kappa shape index (κ1) is 18.1. The summed E-state index contributed by atoms with van der Waals surface area (Å²) in [6.07, 6.45) is 2.51. The molecule has 1 aliphatic rings. The lowest BCUT2D eigenvalue weighted by Gasteiger charge is -2.25. The van der Waals surface area contributed by atoms with Gasteiger partial charge in [-0.25, -0.2) is 9.59 Å². The van der Waals surface area contributed by atoms with Gasteiger partial charge in [-0.05, 0) is 57.7 Å². The number of anilines is 1. The average molecular weight is 334 g/mol. The zero-order chi connectivity index (χ0) is 17.6. The number of hydrogen-bond donors (Lipinski definition) is 1. The lowest BCUT2D eigenvalue weighted by molar-refractivity contribution is 0.0636. The molecule has 24 heavy (non-hydrogen) atoms. The second-order valence-corrected chi connectivity index (χ2v) is 6.93. The summed E-state index contributed by atoms with van der Waals surface area (Å²) in [5.74, 6) is 0. The van der Waals surface area contributed by atoms with Crippen molar-refractivity contribution in [2.24, 2.45) is 0 Å². The summed E-state index contributed by atoms with van der Waals surface area (Å²) < 4.78 is 10.5. The highest BCUT2D eigenvalue weighted by Gasteiger charge is 2.18. The number of piperidine rings is 1. The number of likely N-dealkylation sites (tertiary alicyclic amines) is 1. The molecule has 0 spiro atoms.